The molecule has 0 spiro atoms. The third-order valence-corrected chi connectivity index (χ3v) is 3.29. The molecule has 1 aliphatic rings. The fourth-order valence-corrected chi connectivity index (χ4v) is 2.34. The number of ether oxygens (including phenoxy) is 2. The van der Waals surface area contributed by atoms with Gasteiger partial charge >= 0.3 is 18.2 Å². The number of amides is 4. The minimum absolute atomic E-state index is 0.135. The predicted molar refractivity (Wildman–Crippen MR) is 95.0 cm³/mol. The average Bonchev–Trinajstić information content (AvgIpc) is 2.78. The number of nitrogens with one attached hydrogen (secondary N) is 2. The molecule has 158 valence electrons. The second-order valence-corrected chi connectivity index (χ2v) is 8.21. The Morgan fingerprint density at radius 3 is 1.64 bits per heavy atom. The molecule has 28 heavy (non-hydrogen) atoms. The van der Waals surface area contributed by atoms with Crippen LogP contribution in [0.4, 0.5) is 9.59 Å². The molecule has 11 heteroatoms. The Labute approximate surface area is 162 Å². The molecule has 4 amide bonds. The largest absolute Gasteiger partial charge is 0.480 e. The first-order valence-electron chi connectivity index (χ1n) is 8.67. The number of carboxylic acid groups (broad SMARTS) is 1. The molecular formula is C17H27N3O8. The second-order valence-electron chi connectivity index (χ2n) is 8.21. The van der Waals surface area contributed by atoms with Gasteiger partial charge in [0.05, 0.1) is 0 Å². The summed E-state index contributed by atoms with van der Waals surface area (Å²) in [5.74, 6) is -2.94. The number of carbonyl (C=O) groups excluding carboxylic acids is 4. The number of likely N-dealkylation sites (tertiary alicyclic amines) is 1. The predicted octanol–water partition coefficient (Wildman–Crippen LogP) is 0.964. The standard InChI is InChI=1S/C17H27N3O8/c1-16(2,3)27-14(25)18-11(13(23)24)12(19-15(26)28-17(4,5)6)20-9(21)7-8-10(20)22/h11-12H,7-8H2,1-6H3,(H,18,25)(H,19,26)(H,23,24). The van der Waals surface area contributed by atoms with Crippen LogP contribution in [0.3, 0.4) is 0 Å². The van der Waals surface area contributed by atoms with E-state index in [0.717, 1.165) is 0 Å². The van der Waals surface area contributed by atoms with E-state index < -0.39 is 53.4 Å². The van der Waals surface area contributed by atoms with Crippen molar-refractivity contribution < 1.29 is 38.6 Å². The smallest absolute Gasteiger partial charge is 0.409 e. The molecule has 3 N–H and O–H groups in total. The first-order valence-corrected chi connectivity index (χ1v) is 8.67. The lowest BCUT2D eigenvalue weighted by Crippen LogP contribution is -2.64. The first-order chi connectivity index (χ1) is 12.6. The van der Waals surface area contributed by atoms with E-state index in [1.807, 2.05) is 0 Å². The van der Waals surface area contributed by atoms with E-state index in [4.69, 9.17) is 9.47 Å². The molecule has 1 heterocycles. The van der Waals surface area contributed by atoms with Crippen LogP contribution in [0.1, 0.15) is 54.4 Å². The molecule has 0 bridgehead atoms. The summed E-state index contributed by atoms with van der Waals surface area (Å²) in [7, 11) is 0. The van der Waals surface area contributed by atoms with Crippen LogP contribution in [-0.2, 0) is 23.9 Å². The summed E-state index contributed by atoms with van der Waals surface area (Å²) in [5.41, 5.74) is -1.83. The number of aliphatic carboxylic acids is 1. The minimum Gasteiger partial charge on any atom is -0.480 e. The second kappa shape index (κ2) is 8.44. The number of imide groups is 1. The zero-order valence-corrected chi connectivity index (χ0v) is 16.8. The molecule has 1 saturated heterocycles. The number of hydrogen-bond donors (Lipinski definition) is 3. The van der Waals surface area contributed by atoms with E-state index in [2.05, 4.69) is 10.6 Å². The zero-order chi connectivity index (χ0) is 21.9. The molecule has 0 aromatic heterocycles. The maximum absolute atomic E-state index is 12.2. The highest BCUT2D eigenvalue weighted by molar-refractivity contribution is 6.03. The van der Waals surface area contributed by atoms with Crippen molar-refractivity contribution in [2.24, 2.45) is 0 Å². The van der Waals surface area contributed by atoms with Gasteiger partial charge in [0.25, 0.3) is 0 Å². The van der Waals surface area contributed by atoms with Crippen LogP contribution in [-0.4, -0.2) is 63.4 Å². The van der Waals surface area contributed by atoms with Gasteiger partial charge in [-0.3, -0.25) is 19.8 Å². The van der Waals surface area contributed by atoms with Crippen molar-refractivity contribution in [1.82, 2.24) is 15.5 Å². The van der Waals surface area contributed by atoms with Gasteiger partial charge in [-0.2, -0.15) is 0 Å². The molecular weight excluding hydrogens is 374 g/mol. The number of nitrogens with zero attached hydrogens (tertiary/aromatic N) is 1. The Bertz CT molecular complexity index is 646. The lowest BCUT2D eigenvalue weighted by molar-refractivity contribution is -0.147. The topological polar surface area (TPSA) is 151 Å². The van der Waals surface area contributed by atoms with Crippen molar-refractivity contribution in [1.29, 1.82) is 0 Å². The lowest BCUT2D eigenvalue weighted by Gasteiger charge is -2.33. The van der Waals surface area contributed by atoms with Crippen LogP contribution in [0.2, 0.25) is 0 Å². The molecule has 0 aliphatic carbocycles. The van der Waals surface area contributed by atoms with Crippen LogP contribution in [0.15, 0.2) is 0 Å². The maximum atomic E-state index is 12.2. The van der Waals surface area contributed by atoms with Crippen LogP contribution in [0, 0.1) is 0 Å². The van der Waals surface area contributed by atoms with E-state index in [-0.39, 0.29) is 12.8 Å². The normalized spacial score (nSPS) is 17.0. The van der Waals surface area contributed by atoms with Gasteiger partial charge in [0.2, 0.25) is 11.8 Å². The molecule has 0 aromatic carbocycles. The van der Waals surface area contributed by atoms with Gasteiger partial charge in [-0.25, -0.2) is 14.4 Å². The first kappa shape index (κ1) is 23.2. The SMILES string of the molecule is CC(C)(C)OC(=O)NC(C(=O)O)C(NC(=O)OC(C)(C)C)N1C(=O)CCC1=O. The quantitative estimate of drug-likeness (QED) is 0.576. The highest BCUT2D eigenvalue weighted by Crippen LogP contribution is 2.18. The summed E-state index contributed by atoms with van der Waals surface area (Å²) >= 11 is 0. The third-order valence-electron chi connectivity index (χ3n) is 3.29. The van der Waals surface area contributed by atoms with Gasteiger partial charge in [-0.1, -0.05) is 0 Å². The average molecular weight is 401 g/mol. The van der Waals surface area contributed by atoms with E-state index >= 15 is 0 Å². The zero-order valence-electron chi connectivity index (χ0n) is 16.8. The summed E-state index contributed by atoms with van der Waals surface area (Å²) in [6.45, 7) is 9.48. The fourth-order valence-electron chi connectivity index (χ4n) is 2.34. The molecule has 0 aromatic rings. The van der Waals surface area contributed by atoms with Crippen molar-refractivity contribution in [2.45, 2.75) is 77.8 Å². The van der Waals surface area contributed by atoms with E-state index in [9.17, 15) is 29.1 Å². The molecule has 2 unspecified atom stereocenters. The third kappa shape index (κ3) is 7.05. The molecule has 0 saturated carbocycles. The van der Waals surface area contributed by atoms with Crippen molar-refractivity contribution in [3.63, 3.8) is 0 Å². The van der Waals surface area contributed by atoms with Crippen molar-refractivity contribution >= 4 is 30.0 Å². The molecule has 0 radical (unpaired) electrons. The summed E-state index contributed by atoms with van der Waals surface area (Å²) < 4.78 is 10.1. The summed E-state index contributed by atoms with van der Waals surface area (Å²) in [6, 6.07) is -1.85. The minimum atomic E-state index is -1.85. The summed E-state index contributed by atoms with van der Waals surface area (Å²) in [5, 5.41) is 13.8. The van der Waals surface area contributed by atoms with Crippen LogP contribution >= 0.6 is 0 Å². The van der Waals surface area contributed by atoms with E-state index in [1.165, 1.54) is 0 Å². The van der Waals surface area contributed by atoms with Crippen LogP contribution in [0.25, 0.3) is 0 Å². The van der Waals surface area contributed by atoms with Gasteiger partial charge in [0.1, 0.15) is 17.4 Å². The maximum Gasteiger partial charge on any atom is 0.409 e. The van der Waals surface area contributed by atoms with Gasteiger partial charge < -0.3 is 19.9 Å². The van der Waals surface area contributed by atoms with Crippen molar-refractivity contribution in [2.75, 3.05) is 0 Å². The number of hydrogen-bond acceptors (Lipinski definition) is 7. The number of carbonyl (C=O) groups is 5. The van der Waals surface area contributed by atoms with Gasteiger partial charge in [-0.05, 0) is 41.5 Å². The van der Waals surface area contributed by atoms with Gasteiger partial charge in [0.15, 0.2) is 6.04 Å². The molecule has 2 atom stereocenters. The Kier molecular flexibility index (Phi) is 6.99. The van der Waals surface area contributed by atoms with E-state index in [1.54, 1.807) is 41.5 Å². The molecule has 1 fully saturated rings. The van der Waals surface area contributed by atoms with Crippen molar-refractivity contribution in [3.8, 4) is 0 Å². The number of alkyl carbamates (subject to hydrolysis) is 2. The Hall–Kier alpha value is -2.85. The highest BCUT2D eigenvalue weighted by Gasteiger charge is 2.44. The molecule has 1 rings (SSSR count). The Morgan fingerprint density at radius 2 is 1.29 bits per heavy atom. The van der Waals surface area contributed by atoms with Crippen LogP contribution in [0.5, 0.6) is 0 Å². The van der Waals surface area contributed by atoms with Gasteiger partial charge in [0, 0.05) is 12.8 Å². The van der Waals surface area contributed by atoms with Crippen molar-refractivity contribution in [3.05, 3.63) is 0 Å². The highest BCUT2D eigenvalue weighted by atomic mass is 16.6. The lowest BCUT2D eigenvalue weighted by atomic mass is 10.2. The Morgan fingerprint density at radius 1 is 0.893 bits per heavy atom. The van der Waals surface area contributed by atoms with Crippen LogP contribution < -0.4 is 10.6 Å². The fraction of sp³-hybridized carbons (Fsp3) is 0.706. The summed E-state index contributed by atoms with van der Waals surface area (Å²) in [6.07, 6.45) is -4.10. The van der Waals surface area contributed by atoms with Gasteiger partial charge in [-0.15, -0.1) is 0 Å². The molecule has 11 nitrogen and oxygen atoms in total. The van der Waals surface area contributed by atoms with E-state index in [0.29, 0.717) is 4.90 Å². The number of carboxylic acids is 1. The monoisotopic (exact) mass is 401 g/mol. The Balaban J connectivity index is 3.16. The molecule has 1 aliphatic heterocycles. The number of rotatable bonds is 5. The summed E-state index contributed by atoms with van der Waals surface area (Å²) in [4.78, 5) is 60.8.